The van der Waals surface area contributed by atoms with Crippen LogP contribution in [0.5, 0.6) is 5.75 Å². The van der Waals surface area contributed by atoms with E-state index in [2.05, 4.69) is 11.4 Å². The van der Waals surface area contributed by atoms with Crippen molar-refractivity contribution in [1.29, 1.82) is 5.26 Å². The number of nitrogens with one attached hydrogen (secondary N) is 1. The van der Waals surface area contributed by atoms with Crippen molar-refractivity contribution in [1.82, 2.24) is 9.62 Å². The minimum atomic E-state index is -3.86. The van der Waals surface area contributed by atoms with Gasteiger partial charge in [-0.15, -0.1) is 0 Å². The van der Waals surface area contributed by atoms with Crippen molar-refractivity contribution in [2.24, 2.45) is 0 Å². The zero-order valence-electron chi connectivity index (χ0n) is 19.0. The molecule has 0 spiro atoms. The molecule has 9 nitrogen and oxygen atoms in total. The Bertz CT molecular complexity index is 1000. The topological polar surface area (TPSA) is 126 Å². The fourth-order valence-electron chi connectivity index (χ4n) is 4.36. The van der Waals surface area contributed by atoms with Crippen LogP contribution in [0.4, 0.5) is 0 Å². The second-order valence-corrected chi connectivity index (χ2v) is 10.5. The van der Waals surface area contributed by atoms with E-state index in [9.17, 15) is 23.3 Å². The second-order valence-electron chi connectivity index (χ2n) is 8.56. The Morgan fingerprint density at radius 1 is 1.09 bits per heavy atom. The van der Waals surface area contributed by atoms with Gasteiger partial charge in [0.15, 0.2) is 6.61 Å². The third-order valence-electron chi connectivity index (χ3n) is 6.22. The number of sulfonamides is 1. The predicted molar refractivity (Wildman–Crippen MR) is 120 cm³/mol. The van der Waals surface area contributed by atoms with Crippen LogP contribution >= 0.6 is 0 Å². The summed E-state index contributed by atoms with van der Waals surface area (Å²) in [5, 5.41) is 12.2. The number of methoxy groups -OCH3 is 1. The van der Waals surface area contributed by atoms with E-state index in [1.54, 1.807) is 0 Å². The lowest BCUT2D eigenvalue weighted by Crippen LogP contribution is -2.50. The molecule has 0 aromatic heterocycles. The molecule has 1 saturated heterocycles. The number of esters is 1. The normalized spacial score (nSPS) is 19.0. The Morgan fingerprint density at radius 3 is 2.33 bits per heavy atom. The van der Waals surface area contributed by atoms with Crippen LogP contribution in [0.2, 0.25) is 0 Å². The average molecular weight is 478 g/mol. The van der Waals surface area contributed by atoms with Gasteiger partial charge in [-0.1, -0.05) is 32.1 Å². The van der Waals surface area contributed by atoms with Crippen molar-refractivity contribution in [2.45, 2.75) is 68.2 Å². The molecule has 1 aromatic rings. The average Bonchev–Trinajstić information content (AvgIpc) is 3.13. The van der Waals surface area contributed by atoms with Crippen molar-refractivity contribution in [3.63, 3.8) is 0 Å². The lowest BCUT2D eigenvalue weighted by atomic mass is 9.83. The SMILES string of the molecule is COc1ccc(C(=O)OCC(=O)NC2(C#N)CCCCC2)cc1S(=O)(=O)N1CCCCCC1. The molecule has 10 heteroatoms. The molecule has 1 aliphatic carbocycles. The number of hydrogen-bond donors (Lipinski definition) is 1. The highest BCUT2D eigenvalue weighted by molar-refractivity contribution is 7.89. The molecular formula is C23H31N3O6S. The fourth-order valence-corrected chi connectivity index (χ4v) is 6.06. The van der Waals surface area contributed by atoms with Crippen LogP contribution in [-0.2, 0) is 19.6 Å². The molecule has 180 valence electrons. The Hall–Kier alpha value is -2.64. The molecule has 3 rings (SSSR count). The number of benzene rings is 1. The summed E-state index contributed by atoms with van der Waals surface area (Å²) >= 11 is 0. The quantitative estimate of drug-likeness (QED) is 0.599. The van der Waals surface area contributed by atoms with Crippen molar-refractivity contribution in [3.8, 4) is 11.8 Å². The second kappa shape index (κ2) is 11.0. The van der Waals surface area contributed by atoms with Gasteiger partial charge in [-0.3, -0.25) is 4.79 Å². The van der Waals surface area contributed by atoms with Gasteiger partial charge in [0.25, 0.3) is 5.91 Å². The maximum atomic E-state index is 13.2. The molecule has 1 aromatic carbocycles. The highest BCUT2D eigenvalue weighted by atomic mass is 32.2. The standard InChI is InChI=1S/C23H31N3O6S/c1-31-19-10-9-18(15-20(19)33(29,30)26-13-7-2-3-8-14-26)22(28)32-16-21(27)25-23(17-24)11-5-4-6-12-23/h9-10,15H,2-8,11-14,16H2,1H3,(H,25,27). The van der Waals surface area contributed by atoms with Gasteiger partial charge in [-0.2, -0.15) is 9.57 Å². The third-order valence-corrected chi connectivity index (χ3v) is 8.14. The third kappa shape index (κ3) is 6.03. The monoisotopic (exact) mass is 477 g/mol. The van der Waals surface area contributed by atoms with Gasteiger partial charge in [0.2, 0.25) is 10.0 Å². The van der Waals surface area contributed by atoms with E-state index >= 15 is 0 Å². The smallest absolute Gasteiger partial charge is 0.338 e. The molecule has 2 aliphatic rings. The maximum Gasteiger partial charge on any atom is 0.338 e. The number of carbonyl (C=O) groups is 2. The Kier molecular flexibility index (Phi) is 8.32. The summed E-state index contributed by atoms with van der Waals surface area (Å²) in [6, 6.07) is 6.23. The molecule has 1 saturated carbocycles. The molecule has 0 unspecified atom stereocenters. The first-order valence-corrected chi connectivity index (χ1v) is 12.8. The summed E-state index contributed by atoms with van der Waals surface area (Å²) in [6.45, 7) is 0.282. The summed E-state index contributed by atoms with van der Waals surface area (Å²) in [5.74, 6) is -1.24. The highest BCUT2D eigenvalue weighted by Gasteiger charge is 2.34. The Morgan fingerprint density at radius 2 is 1.73 bits per heavy atom. The van der Waals surface area contributed by atoms with E-state index < -0.39 is 34.0 Å². The first kappa shape index (κ1) is 25.0. The minimum Gasteiger partial charge on any atom is -0.495 e. The van der Waals surface area contributed by atoms with E-state index in [1.807, 2.05) is 0 Å². The van der Waals surface area contributed by atoms with E-state index in [4.69, 9.17) is 9.47 Å². The van der Waals surface area contributed by atoms with Crippen molar-refractivity contribution in [3.05, 3.63) is 23.8 Å². The molecular weight excluding hydrogens is 446 g/mol. The van der Waals surface area contributed by atoms with Gasteiger partial charge in [0.1, 0.15) is 16.2 Å². The van der Waals surface area contributed by atoms with Crippen LogP contribution < -0.4 is 10.1 Å². The molecule has 1 amide bonds. The molecule has 0 radical (unpaired) electrons. The van der Waals surface area contributed by atoms with Crippen LogP contribution in [0.3, 0.4) is 0 Å². The summed E-state index contributed by atoms with van der Waals surface area (Å²) in [7, 11) is -2.49. The number of rotatable bonds is 7. The molecule has 1 N–H and O–H groups in total. The number of hydrogen-bond acceptors (Lipinski definition) is 7. The van der Waals surface area contributed by atoms with Crippen LogP contribution in [0.15, 0.2) is 23.1 Å². The first-order chi connectivity index (χ1) is 15.8. The molecule has 2 fully saturated rings. The minimum absolute atomic E-state index is 0.00431. The number of carbonyl (C=O) groups excluding carboxylic acids is 2. The van der Waals surface area contributed by atoms with Gasteiger partial charge >= 0.3 is 5.97 Å². The van der Waals surface area contributed by atoms with Gasteiger partial charge in [-0.05, 0) is 43.9 Å². The summed E-state index contributed by atoms with van der Waals surface area (Å²) in [4.78, 5) is 24.8. The van der Waals surface area contributed by atoms with E-state index in [-0.39, 0.29) is 16.2 Å². The van der Waals surface area contributed by atoms with Crippen molar-refractivity contribution in [2.75, 3.05) is 26.8 Å². The van der Waals surface area contributed by atoms with E-state index in [0.717, 1.165) is 44.9 Å². The maximum absolute atomic E-state index is 13.2. The first-order valence-electron chi connectivity index (χ1n) is 11.4. The van der Waals surface area contributed by atoms with Gasteiger partial charge in [0, 0.05) is 13.1 Å². The van der Waals surface area contributed by atoms with E-state index in [1.165, 1.54) is 29.6 Å². The van der Waals surface area contributed by atoms with Gasteiger partial charge in [0.05, 0.1) is 18.7 Å². The van der Waals surface area contributed by atoms with Crippen LogP contribution in [0.1, 0.15) is 68.1 Å². The fraction of sp³-hybridized carbons (Fsp3) is 0.609. The van der Waals surface area contributed by atoms with Crippen LogP contribution in [0.25, 0.3) is 0 Å². The number of nitrogens with zero attached hydrogens (tertiary/aromatic N) is 2. The highest BCUT2D eigenvalue weighted by Crippen LogP contribution is 2.30. The predicted octanol–water partition coefficient (Wildman–Crippen LogP) is 2.76. The van der Waals surface area contributed by atoms with E-state index in [0.29, 0.717) is 25.9 Å². The van der Waals surface area contributed by atoms with Crippen LogP contribution in [0, 0.1) is 11.3 Å². The summed E-state index contributed by atoms with van der Waals surface area (Å²) in [5.41, 5.74) is -0.916. The molecule has 0 bridgehead atoms. The lowest BCUT2D eigenvalue weighted by Gasteiger charge is -2.31. The van der Waals surface area contributed by atoms with Crippen LogP contribution in [-0.4, -0.2) is 56.9 Å². The molecule has 1 aliphatic heterocycles. The summed E-state index contributed by atoms with van der Waals surface area (Å²) in [6.07, 6.45) is 7.38. The molecule has 1 heterocycles. The number of ether oxygens (including phenoxy) is 2. The summed E-state index contributed by atoms with van der Waals surface area (Å²) < 4.78 is 38.3. The Balaban J connectivity index is 1.71. The van der Waals surface area contributed by atoms with Crippen molar-refractivity contribution < 1.29 is 27.5 Å². The molecule has 0 atom stereocenters. The van der Waals surface area contributed by atoms with Crippen molar-refractivity contribution >= 4 is 21.9 Å². The number of nitriles is 1. The lowest BCUT2D eigenvalue weighted by molar-refractivity contribution is -0.125. The van der Waals surface area contributed by atoms with Gasteiger partial charge < -0.3 is 14.8 Å². The zero-order valence-corrected chi connectivity index (χ0v) is 19.8. The largest absolute Gasteiger partial charge is 0.495 e. The van der Waals surface area contributed by atoms with Gasteiger partial charge in [-0.25, -0.2) is 13.2 Å². The number of amides is 1. The zero-order chi connectivity index (χ0) is 23.9. The molecule has 33 heavy (non-hydrogen) atoms. The Labute approximate surface area is 195 Å².